The van der Waals surface area contributed by atoms with Gasteiger partial charge in [0, 0.05) is 128 Å². The molecule has 3 fully saturated rings. The van der Waals surface area contributed by atoms with Crippen LogP contribution in [0, 0.1) is 63.6 Å². The number of aromatic hydroxyl groups is 3. The van der Waals surface area contributed by atoms with Gasteiger partial charge >= 0.3 is 5.97 Å². The quantitative estimate of drug-likeness (QED) is 0.0429. The average molecular weight is 1380 g/mol. The van der Waals surface area contributed by atoms with Gasteiger partial charge in [0.1, 0.15) is 40.7 Å². The van der Waals surface area contributed by atoms with E-state index in [2.05, 4.69) is 123 Å². The Hall–Kier alpha value is -8.97. The van der Waals surface area contributed by atoms with E-state index in [4.69, 9.17) is 14.2 Å². The van der Waals surface area contributed by atoms with Crippen molar-refractivity contribution in [2.45, 2.75) is 177 Å². The Morgan fingerprint density at radius 2 is 1.73 bits per heavy atom. The summed E-state index contributed by atoms with van der Waals surface area (Å²) in [5.74, 6) is 8.03. The number of fused-ring (bicyclic) bond motifs is 3. The Morgan fingerprint density at radius 3 is 2.57 bits per heavy atom. The summed E-state index contributed by atoms with van der Waals surface area (Å²) in [5.41, 5.74) is 8.98. The van der Waals surface area contributed by atoms with Crippen molar-refractivity contribution in [2.24, 2.45) is 51.8 Å². The lowest BCUT2D eigenvalue weighted by Crippen LogP contribution is -2.41. The van der Waals surface area contributed by atoms with Gasteiger partial charge in [-0.3, -0.25) is 14.4 Å². The van der Waals surface area contributed by atoms with Crippen LogP contribution in [0.15, 0.2) is 151 Å². The Labute approximate surface area is 602 Å². The summed E-state index contributed by atoms with van der Waals surface area (Å²) in [6, 6.07) is 18.0. The van der Waals surface area contributed by atoms with Crippen LogP contribution in [-0.2, 0) is 32.0 Å². The number of ketones is 2. The molecule has 15 heteroatoms. The number of aromatic amines is 1. The van der Waals surface area contributed by atoms with E-state index < -0.39 is 46.9 Å². The van der Waals surface area contributed by atoms with Crippen LogP contribution < -0.4 is 19.7 Å². The van der Waals surface area contributed by atoms with Crippen molar-refractivity contribution in [3.05, 3.63) is 196 Å². The number of hydrogen-bond donors (Lipinski definition) is 7. The summed E-state index contributed by atoms with van der Waals surface area (Å²) in [6.45, 7) is 2.23. The van der Waals surface area contributed by atoms with Gasteiger partial charge in [-0.25, -0.2) is 0 Å². The van der Waals surface area contributed by atoms with Crippen LogP contribution in [0.2, 0.25) is 0 Å². The minimum Gasteiger partial charge on any atom is -0.508 e. The lowest BCUT2D eigenvalue weighted by Gasteiger charge is -2.50. The minimum atomic E-state index is -0.882. The highest BCUT2D eigenvalue weighted by Gasteiger charge is 2.64. The lowest BCUT2D eigenvalue weighted by atomic mass is 9.53. The molecule has 9 aliphatic carbocycles. The zero-order chi connectivity index (χ0) is 70.2. The molecule has 20 rings (SSSR count). The number of hydrogen-bond acceptors (Lipinski definition) is 13. The number of dihydropyridines is 1. The maximum absolute atomic E-state index is 16.3. The zero-order valence-electron chi connectivity index (χ0n) is 59.1. The number of ether oxygens (including phenoxy) is 3. The Bertz CT molecular complexity index is 4740. The van der Waals surface area contributed by atoms with Crippen molar-refractivity contribution in [3.63, 3.8) is 0 Å². The van der Waals surface area contributed by atoms with Gasteiger partial charge in [0.05, 0.1) is 30.9 Å². The molecule has 5 aliphatic heterocycles. The number of carbonyl (C=O) groups is 3. The normalized spacial score (nSPS) is 32.3. The van der Waals surface area contributed by atoms with Gasteiger partial charge in [0.25, 0.3) is 0 Å². The van der Waals surface area contributed by atoms with E-state index in [0.29, 0.717) is 56.5 Å². The second kappa shape index (κ2) is 25.7. The summed E-state index contributed by atoms with van der Waals surface area (Å²) >= 11 is 0. The molecule has 0 radical (unpaired) electrons. The van der Waals surface area contributed by atoms with E-state index in [1.54, 1.807) is 25.3 Å². The van der Waals surface area contributed by atoms with E-state index in [-0.39, 0.29) is 119 Å². The third-order valence-electron chi connectivity index (χ3n) is 27.7. The number of H-pyrrole nitrogens is 1. The van der Waals surface area contributed by atoms with Gasteiger partial charge in [0.15, 0.2) is 11.5 Å². The molecule has 14 aliphatic rings. The number of phenolic OH excluding ortho intramolecular Hbond substituents is 3. The van der Waals surface area contributed by atoms with E-state index >= 15 is 4.79 Å². The topological polar surface area (TPSA) is 216 Å². The number of methoxy groups -OCH3 is 1. The number of phenols is 3. The number of nitrogens with one attached hydrogen (secondary N) is 2. The van der Waals surface area contributed by atoms with Crippen LogP contribution in [0.25, 0.3) is 10.8 Å². The van der Waals surface area contributed by atoms with Gasteiger partial charge in [0.2, 0.25) is 5.75 Å². The van der Waals surface area contributed by atoms with Gasteiger partial charge < -0.3 is 59.5 Å². The highest BCUT2D eigenvalue weighted by Crippen LogP contribution is 2.74. The number of nitrogens with zero attached hydrogens (tertiary/aromatic N) is 2. The SMILES string of the molecule is COc1cc2cc(O)c1Oc1cc(O)cc3c1CC[C@@H](C3)[C@H](CO)C[C@H]1CC[C@@]34CC[C@]5(C3)[C@@H](O)c3ccc6c7cn(c(c37)[C@@H]5C=C[C@H]14)[C@@H]2CC(=O)C[C@H](OC(C)=O)CC[C@]12C3=CC=C[C@@H]1CC=C[C@@H]2c1c[nH]cc1[C@@H](C#CC3)[C@H](c1cccc(O)c1)C1=CCNC(=C1)N6CCC(=O)C1CCCC1. The Morgan fingerprint density at radius 1 is 0.854 bits per heavy atom. The summed E-state index contributed by atoms with van der Waals surface area (Å²) in [5, 5.41) is 67.0. The monoisotopic (exact) mass is 1380 g/mol. The fourth-order valence-corrected chi connectivity index (χ4v) is 23.1. The fourth-order valence-electron chi connectivity index (χ4n) is 23.1. The van der Waals surface area contributed by atoms with E-state index in [0.717, 1.165) is 144 Å². The van der Waals surface area contributed by atoms with Gasteiger partial charge in [-0.1, -0.05) is 97.1 Å². The molecule has 15 nitrogen and oxygen atoms in total. The number of aliphatic hydroxyl groups is 2. The first-order chi connectivity index (χ1) is 50.1. The first-order valence-corrected chi connectivity index (χ1v) is 38.3. The molecule has 0 saturated heterocycles. The number of anilines is 1. The number of benzene rings is 4. The zero-order valence-corrected chi connectivity index (χ0v) is 59.1. The highest BCUT2D eigenvalue weighted by atomic mass is 16.5. The van der Waals surface area contributed by atoms with Gasteiger partial charge in [-0.05, 0) is 212 Å². The molecule has 4 aromatic carbocycles. The van der Waals surface area contributed by atoms with Gasteiger partial charge in [-0.15, -0.1) is 0 Å². The average Bonchev–Trinajstić information content (AvgIpc) is 1.53. The molecule has 6 aromatic rings. The van der Waals surface area contributed by atoms with Crippen molar-refractivity contribution >= 4 is 34.0 Å². The summed E-state index contributed by atoms with van der Waals surface area (Å²) < 4.78 is 21.9. The molecule has 3 saturated carbocycles. The highest BCUT2D eigenvalue weighted by molar-refractivity contribution is 6.01. The molecular weight excluding hydrogens is 1290 g/mol. The molecule has 0 unspecified atom stereocenters. The molecule has 15 atom stereocenters. The lowest BCUT2D eigenvalue weighted by molar-refractivity contribution is -0.148. The predicted octanol–water partition coefficient (Wildman–Crippen LogP) is 16.0. The maximum atomic E-state index is 16.3. The Kier molecular flexibility index (Phi) is 16.5. The number of rotatable bonds is 8. The molecule has 2 aromatic heterocycles. The molecule has 7 N–H and O–H groups in total. The Balaban J connectivity index is 0.893. The number of esters is 1. The number of aliphatic hydroxyl groups excluding tert-OH is 2. The molecule has 7 heterocycles. The molecule has 103 heavy (non-hydrogen) atoms. The second-order valence-electron chi connectivity index (χ2n) is 32.7. The van der Waals surface area contributed by atoms with Gasteiger partial charge in [-0.2, -0.15) is 0 Å². The summed E-state index contributed by atoms with van der Waals surface area (Å²) in [7, 11) is 1.54. The third-order valence-corrected chi connectivity index (χ3v) is 27.7. The largest absolute Gasteiger partial charge is 0.508 e. The number of Topliss-reactive ketones (excluding diaryl/α,β-unsaturated/α-hetero) is 2. The van der Waals surface area contributed by atoms with Crippen LogP contribution >= 0.6 is 0 Å². The van der Waals surface area contributed by atoms with Crippen molar-refractivity contribution in [2.75, 3.05) is 31.7 Å². The maximum Gasteiger partial charge on any atom is 0.302 e. The predicted molar refractivity (Wildman–Crippen MR) is 394 cm³/mol. The van der Waals surface area contributed by atoms with Crippen LogP contribution in [0.4, 0.5) is 5.69 Å². The molecule has 0 amide bonds. The minimum absolute atomic E-state index is 0.00615. The smallest absolute Gasteiger partial charge is 0.302 e. The third kappa shape index (κ3) is 10.8. The van der Waals surface area contributed by atoms with Crippen molar-refractivity contribution in [3.8, 4) is 46.3 Å². The molecular formula is C88H94N4O11. The van der Waals surface area contributed by atoms with Crippen LogP contribution in [0.3, 0.4) is 0 Å². The van der Waals surface area contributed by atoms with Crippen LogP contribution in [-0.4, -0.2) is 85.5 Å². The van der Waals surface area contributed by atoms with E-state index in [1.165, 1.54) is 12.5 Å². The number of allylic oxidation sites excluding steroid dienone is 10. The summed E-state index contributed by atoms with van der Waals surface area (Å²) in [6.07, 6.45) is 39.1. The summed E-state index contributed by atoms with van der Waals surface area (Å²) in [4.78, 5) is 50.7. The standard InChI is InChI=1S/C88H94N4O11/c1-50(94)102-64-26-30-88-59-12-6-13-60(88)15-8-18-72(88)69-46-89-45-68(69)66(17-7-14-59)81(54-11-5-16-61(95)37-54)55-27-33-90-80(41-55)91(34-28-76(98)51-9-3-4-10-51)74-24-21-67-82-70(74)47-92-75(43-63(97)42-64)57-39-77(99)84(79(40-57)101-2)103-78-44-62(96)38-56-35-52(19-20-65(56)78)58(48-93)36-53-25-29-86-31-32-87(49-86,85(67)100)73(83(82)92)23-22-71(53)86/h5-6,8,11-13,16,18,21-24,27,37-41,44-47,51-53,58,60,64,66,71-73,75,81,85,89-90,93,95-96,99-100H,3-4,9-10,14-15,19-20,25-26,28-36,42-43,48-49H2,1-2H3/t52-,53+,58-,60+,64+,66+,71+,72+,73-,75+,81+,85-,86+,87+,88-/m0/s1. The molecule has 16 bridgehead atoms. The van der Waals surface area contributed by atoms with Crippen LogP contribution in [0.5, 0.6) is 34.5 Å². The molecule has 532 valence electrons. The van der Waals surface area contributed by atoms with Crippen molar-refractivity contribution < 1.29 is 54.1 Å². The fraction of sp³-hybridized carbons (Fsp3) is 0.466. The first kappa shape index (κ1) is 66.0. The van der Waals surface area contributed by atoms with E-state index in [9.17, 15) is 35.1 Å². The number of aromatic nitrogens is 2. The van der Waals surface area contributed by atoms with Crippen molar-refractivity contribution in [1.29, 1.82) is 0 Å². The van der Waals surface area contributed by atoms with Crippen molar-refractivity contribution in [1.82, 2.24) is 14.9 Å². The molecule has 3 spiro atoms. The van der Waals surface area contributed by atoms with E-state index in [1.807, 2.05) is 24.3 Å². The number of carbonyl (C=O) groups excluding carboxylic acids is 3. The first-order valence-electron chi connectivity index (χ1n) is 38.3. The second-order valence-corrected chi connectivity index (χ2v) is 32.7. The van der Waals surface area contributed by atoms with Crippen LogP contribution in [0.1, 0.15) is 203 Å².